The average Bonchev–Trinajstić information content (AvgIpc) is 2.84. The van der Waals surface area contributed by atoms with E-state index >= 15 is 0 Å². The Labute approximate surface area is 178 Å². The highest BCUT2D eigenvalue weighted by molar-refractivity contribution is 6.07. The number of fused-ring (bicyclic) bond motifs is 2. The van der Waals surface area contributed by atoms with Crippen LogP contribution in [0.2, 0.25) is 0 Å². The Morgan fingerprint density at radius 1 is 1.10 bits per heavy atom. The maximum Gasteiger partial charge on any atom is 0.310 e. The van der Waals surface area contributed by atoms with Crippen LogP contribution in [0.5, 0.6) is 11.5 Å². The first-order valence-corrected chi connectivity index (χ1v) is 10.7. The van der Waals surface area contributed by atoms with Crippen LogP contribution in [0, 0.1) is 25.2 Å². The molecule has 0 unspecified atom stereocenters. The third kappa shape index (κ3) is 4.12. The summed E-state index contributed by atoms with van der Waals surface area (Å²) in [7, 11) is 0. The van der Waals surface area contributed by atoms with Crippen molar-refractivity contribution in [1.82, 2.24) is 4.90 Å². The van der Waals surface area contributed by atoms with Crippen molar-refractivity contribution in [3.8, 4) is 11.5 Å². The number of nitrogens with zero attached hydrogens (tertiary/aromatic N) is 2. The number of aryl methyl sites for hydroxylation is 2. The Morgan fingerprint density at radius 2 is 1.73 bits per heavy atom. The number of aliphatic imine (C=N–C) groups is 1. The van der Waals surface area contributed by atoms with E-state index in [1.807, 2.05) is 12.1 Å². The first-order chi connectivity index (χ1) is 14.2. The van der Waals surface area contributed by atoms with Gasteiger partial charge in [0.15, 0.2) is 5.75 Å². The molecule has 1 N–H and O–H groups in total. The van der Waals surface area contributed by atoms with Crippen LogP contribution in [0.3, 0.4) is 0 Å². The van der Waals surface area contributed by atoms with Crippen molar-refractivity contribution in [2.75, 3.05) is 19.6 Å². The molecule has 0 amide bonds. The lowest BCUT2D eigenvalue weighted by Gasteiger charge is -2.36. The zero-order valence-corrected chi connectivity index (χ0v) is 18.2. The number of ether oxygens (including phenoxy) is 1. The van der Waals surface area contributed by atoms with E-state index in [1.54, 1.807) is 13.8 Å². The first-order valence-electron chi connectivity index (χ1n) is 10.7. The summed E-state index contributed by atoms with van der Waals surface area (Å²) in [6.07, 6.45) is 1.92. The summed E-state index contributed by atoms with van der Waals surface area (Å²) >= 11 is 0. The number of carboxylic acids is 1. The predicted octanol–water partition coefficient (Wildman–Crippen LogP) is 5.35. The zero-order chi connectivity index (χ0) is 21.5. The molecule has 1 fully saturated rings. The number of benzene rings is 2. The highest BCUT2D eigenvalue weighted by Gasteiger charge is 2.33. The maximum atomic E-state index is 11.5. The van der Waals surface area contributed by atoms with Crippen molar-refractivity contribution >= 4 is 17.4 Å². The van der Waals surface area contributed by atoms with Crippen LogP contribution >= 0.6 is 0 Å². The summed E-state index contributed by atoms with van der Waals surface area (Å²) in [4.78, 5) is 18.9. The summed E-state index contributed by atoms with van der Waals surface area (Å²) in [6.45, 7) is 10.1. The minimum Gasteiger partial charge on any atom is -0.481 e. The fourth-order valence-electron chi connectivity index (χ4n) is 4.34. The topological polar surface area (TPSA) is 62.1 Å². The molecular formula is C25H30N2O3. The molecule has 1 saturated heterocycles. The molecule has 2 aromatic rings. The number of piperidine rings is 1. The van der Waals surface area contributed by atoms with E-state index in [4.69, 9.17) is 9.73 Å². The van der Waals surface area contributed by atoms with E-state index in [2.05, 4.69) is 43.0 Å². The molecule has 2 aliphatic heterocycles. The molecule has 4 rings (SSSR count). The molecule has 0 atom stereocenters. The summed E-state index contributed by atoms with van der Waals surface area (Å²) in [6, 6.07) is 12.4. The van der Waals surface area contributed by atoms with Gasteiger partial charge in [-0.05, 0) is 83.5 Å². The third-order valence-corrected chi connectivity index (χ3v) is 6.16. The molecule has 30 heavy (non-hydrogen) atoms. The van der Waals surface area contributed by atoms with Gasteiger partial charge in [-0.2, -0.15) is 0 Å². The fourth-order valence-corrected chi connectivity index (χ4v) is 4.34. The monoisotopic (exact) mass is 406 g/mol. The van der Waals surface area contributed by atoms with Gasteiger partial charge in [0.2, 0.25) is 0 Å². The molecule has 2 heterocycles. The molecular weight excluding hydrogens is 376 g/mol. The Hall–Kier alpha value is -2.66. The van der Waals surface area contributed by atoms with Gasteiger partial charge >= 0.3 is 5.97 Å². The number of aliphatic carboxylic acids is 1. The minimum atomic E-state index is -0.744. The molecule has 0 spiro atoms. The molecule has 2 aliphatic rings. The molecule has 158 valence electrons. The largest absolute Gasteiger partial charge is 0.481 e. The van der Waals surface area contributed by atoms with Crippen LogP contribution in [-0.2, 0) is 4.79 Å². The number of likely N-dealkylation sites (tertiary alicyclic amines) is 1. The van der Waals surface area contributed by atoms with E-state index in [0.717, 1.165) is 60.0 Å². The first kappa shape index (κ1) is 20.6. The van der Waals surface area contributed by atoms with Gasteiger partial charge in [-0.1, -0.05) is 17.7 Å². The van der Waals surface area contributed by atoms with Crippen molar-refractivity contribution in [2.24, 2.45) is 16.3 Å². The van der Waals surface area contributed by atoms with Crippen LogP contribution in [0.25, 0.3) is 0 Å². The van der Waals surface area contributed by atoms with Gasteiger partial charge in [0.1, 0.15) is 11.4 Å². The van der Waals surface area contributed by atoms with E-state index in [1.165, 1.54) is 5.56 Å². The van der Waals surface area contributed by atoms with Crippen molar-refractivity contribution in [2.45, 2.75) is 40.5 Å². The summed E-state index contributed by atoms with van der Waals surface area (Å²) < 4.78 is 6.26. The van der Waals surface area contributed by atoms with Crippen molar-refractivity contribution in [3.63, 3.8) is 0 Å². The Morgan fingerprint density at radius 3 is 2.40 bits per heavy atom. The van der Waals surface area contributed by atoms with Gasteiger partial charge in [0.05, 0.1) is 11.1 Å². The van der Waals surface area contributed by atoms with E-state index in [0.29, 0.717) is 12.5 Å². The molecule has 0 bridgehead atoms. The highest BCUT2D eigenvalue weighted by Crippen LogP contribution is 2.41. The fraction of sp³-hybridized carbons (Fsp3) is 0.440. The Kier molecular flexibility index (Phi) is 5.41. The van der Waals surface area contributed by atoms with Gasteiger partial charge in [0, 0.05) is 18.0 Å². The predicted molar refractivity (Wildman–Crippen MR) is 119 cm³/mol. The molecule has 0 aromatic heterocycles. The smallest absolute Gasteiger partial charge is 0.310 e. The van der Waals surface area contributed by atoms with Crippen LogP contribution in [0.1, 0.15) is 43.4 Å². The van der Waals surface area contributed by atoms with Gasteiger partial charge in [-0.25, -0.2) is 4.99 Å². The molecule has 0 radical (unpaired) electrons. The number of hydrogen-bond acceptors (Lipinski definition) is 4. The SMILES string of the molecule is Cc1ccc2c(c1)N=C(C1CCN(CC(C)(C)C(=O)O)CC1)c1cc(C)ccc1O2. The summed E-state index contributed by atoms with van der Waals surface area (Å²) in [5, 5.41) is 9.45. The number of carboxylic acid groups (broad SMARTS) is 1. The Bertz CT molecular complexity index is 1000. The molecule has 5 nitrogen and oxygen atoms in total. The van der Waals surface area contributed by atoms with Gasteiger partial charge in [-0.3, -0.25) is 4.79 Å². The molecule has 2 aromatic carbocycles. The van der Waals surface area contributed by atoms with Crippen molar-refractivity contribution < 1.29 is 14.6 Å². The van der Waals surface area contributed by atoms with Crippen LogP contribution in [0.15, 0.2) is 41.4 Å². The second-order valence-electron chi connectivity index (χ2n) is 9.31. The summed E-state index contributed by atoms with van der Waals surface area (Å²) in [5.41, 5.74) is 4.67. The zero-order valence-electron chi connectivity index (χ0n) is 18.2. The second-order valence-corrected chi connectivity index (χ2v) is 9.31. The number of rotatable bonds is 4. The molecule has 5 heteroatoms. The van der Waals surface area contributed by atoms with Crippen LogP contribution < -0.4 is 4.74 Å². The minimum absolute atomic E-state index is 0.324. The van der Waals surface area contributed by atoms with Crippen molar-refractivity contribution in [3.05, 3.63) is 53.1 Å². The van der Waals surface area contributed by atoms with E-state index in [9.17, 15) is 9.90 Å². The number of hydrogen-bond donors (Lipinski definition) is 1. The van der Waals surface area contributed by atoms with Gasteiger partial charge in [0.25, 0.3) is 0 Å². The molecule has 0 saturated carbocycles. The average molecular weight is 407 g/mol. The second kappa shape index (κ2) is 7.88. The van der Waals surface area contributed by atoms with Crippen molar-refractivity contribution in [1.29, 1.82) is 0 Å². The van der Waals surface area contributed by atoms with Gasteiger partial charge < -0.3 is 14.7 Å². The third-order valence-electron chi connectivity index (χ3n) is 6.16. The van der Waals surface area contributed by atoms with E-state index in [-0.39, 0.29) is 0 Å². The quantitative estimate of drug-likeness (QED) is 0.743. The number of carbonyl (C=O) groups is 1. The maximum absolute atomic E-state index is 11.5. The van der Waals surface area contributed by atoms with Crippen LogP contribution in [0.4, 0.5) is 5.69 Å². The lowest BCUT2D eigenvalue weighted by atomic mass is 9.85. The highest BCUT2D eigenvalue weighted by atomic mass is 16.5. The summed E-state index contributed by atoms with van der Waals surface area (Å²) in [5.74, 6) is 1.23. The molecule has 0 aliphatic carbocycles. The standard InChI is InChI=1S/C25H30N2O3/c1-16-5-7-21-19(13-16)23(26-20-14-17(2)6-8-22(20)30-21)18-9-11-27(12-10-18)15-25(3,4)24(28)29/h5-8,13-14,18H,9-12,15H2,1-4H3,(H,28,29). The Balaban J connectivity index is 1.63. The lowest BCUT2D eigenvalue weighted by molar-refractivity contribution is -0.148. The van der Waals surface area contributed by atoms with E-state index < -0.39 is 11.4 Å². The van der Waals surface area contributed by atoms with Gasteiger partial charge in [-0.15, -0.1) is 0 Å². The normalized spacial score (nSPS) is 17.4. The lowest BCUT2D eigenvalue weighted by Crippen LogP contribution is -2.44. The van der Waals surface area contributed by atoms with Crippen LogP contribution in [-0.4, -0.2) is 41.3 Å².